The van der Waals surface area contributed by atoms with Gasteiger partial charge in [0.1, 0.15) is 12.4 Å². The van der Waals surface area contributed by atoms with Crippen LogP contribution in [0.25, 0.3) is 0 Å². The molecule has 0 unspecified atom stereocenters. The lowest BCUT2D eigenvalue weighted by Gasteiger charge is -2.32. The smallest absolute Gasteiger partial charge is 0.120 e. The van der Waals surface area contributed by atoms with Crippen LogP contribution in [0.1, 0.15) is 11.1 Å². The summed E-state index contributed by atoms with van der Waals surface area (Å²) < 4.78 is 13.5. The van der Waals surface area contributed by atoms with Crippen molar-refractivity contribution in [3.63, 3.8) is 0 Å². The zero-order chi connectivity index (χ0) is 16.8. The fourth-order valence-corrected chi connectivity index (χ4v) is 2.82. The van der Waals surface area contributed by atoms with Crippen molar-refractivity contribution in [3.8, 4) is 11.8 Å². The van der Waals surface area contributed by atoms with E-state index in [1.54, 1.807) is 12.1 Å². The highest BCUT2D eigenvalue weighted by atomic mass is 16.5. The first-order valence-electron chi connectivity index (χ1n) is 8.19. The molecular weight excluding hydrogens is 304 g/mol. The molecule has 3 rings (SSSR count). The second-order valence-electron chi connectivity index (χ2n) is 6.02. The Labute approximate surface area is 142 Å². The average molecular weight is 326 g/mol. The summed E-state index contributed by atoms with van der Waals surface area (Å²) in [7, 11) is 0. The van der Waals surface area contributed by atoms with Gasteiger partial charge in [0.15, 0.2) is 0 Å². The minimum absolute atomic E-state index is 0.153. The number of hydrogen-bond acceptors (Lipinski definition) is 5. The number of nitrogens with zero attached hydrogens (tertiary/aromatic N) is 4. The average Bonchev–Trinajstić information content (AvgIpc) is 3.00. The molecule has 1 atom stereocenters. The molecule has 0 radical (unpaired) electrons. The van der Waals surface area contributed by atoms with Crippen LogP contribution in [0.5, 0.6) is 5.75 Å². The molecule has 6 heteroatoms. The lowest BCUT2D eigenvalue weighted by atomic mass is 10.2. The van der Waals surface area contributed by atoms with Crippen molar-refractivity contribution in [2.24, 2.45) is 0 Å². The summed E-state index contributed by atoms with van der Waals surface area (Å²) in [6.07, 6.45) is 4.05. The van der Waals surface area contributed by atoms with Crippen LogP contribution in [-0.4, -0.2) is 53.6 Å². The number of rotatable bonds is 6. The summed E-state index contributed by atoms with van der Waals surface area (Å²) in [6, 6.07) is 9.38. The van der Waals surface area contributed by atoms with E-state index in [-0.39, 0.29) is 6.10 Å². The molecule has 0 amide bonds. The van der Waals surface area contributed by atoms with Crippen LogP contribution in [0.4, 0.5) is 0 Å². The number of ether oxygens (including phenoxy) is 2. The van der Waals surface area contributed by atoms with Crippen LogP contribution >= 0.6 is 0 Å². The Balaban J connectivity index is 1.44. The molecule has 0 spiro atoms. The van der Waals surface area contributed by atoms with Gasteiger partial charge in [0.25, 0.3) is 0 Å². The second kappa shape index (κ2) is 7.95. The Bertz CT molecular complexity index is 707. The summed E-state index contributed by atoms with van der Waals surface area (Å²) in [5, 5.41) is 13.2. The number of benzene rings is 1. The van der Waals surface area contributed by atoms with Gasteiger partial charge < -0.3 is 9.47 Å². The molecule has 1 aliphatic rings. The summed E-state index contributed by atoms with van der Waals surface area (Å²) in [5.41, 5.74) is 1.78. The zero-order valence-electron chi connectivity index (χ0n) is 13.9. The molecule has 2 aromatic rings. The first-order valence-corrected chi connectivity index (χ1v) is 8.19. The largest absolute Gasteiger partial charge is 0.492 e. The van der Waals surface area contributed by atoms with Crippen molar-refractivity contribution in [2.75, 3.05) is 32.8 Å². The lowest BCUT2D eigenvalue weighted by molar-refractivity contribution is -0.0400. The molecule has 1 fully saturated rings. The molecule has 0 saturated carbocycles. The van der Waals surface area contributed by atoms with Gasteiger partial charge in [-0.15, -0.1) is 0 Å². The van der Waals surface area contributed by atoms with E-state index in [9.17, 15) is 0 Å². The SMILES string of the molecule is Cc1cnn(C[C@@H]2CN(CCOc3cccc(C#N)c3)CCO2)c1. The van der Waals surface area contributed by atoms with Gasteiger partial charge in [-0.1, -0.05) is 6.07 Å². The van der Waals surface area contributed by atoms with Gasteiger partial charge in [0.05, 0.1) is 37.1 Å². The van der Waals surface area contributed by atoms with E-state index in [1.807, 2.05) is 36.1 Å². The van der Waals surface area contributed by atoms with Gasteiger partial charge in [-0.3, -0.25) is 9.58 Å². The van der Waals surface area contributed by atoms with E-state index in [2.05, 4.69) is 16.1 Å². The van der Waals surface area contributed by atoms with E-state index in [4.69, 9.17) is 14.7 Å². The molecule has 0 bridgehead atoms. The van der Waals surface area contributed by atoms with Gasteiger partial charge in [0, 0.05) is 25.8 Å². The van der Waals surface area contributed by atoms with Gasteiger partial charge >= 0.3 is 0 Å². The minimum atomic E-state index is 0.153. The molecule has 1 saturated heterocycles. The van der Waals surface area contributed by atoms with Crippen molar-refractivity contribution in [1.29, 1.82) is 5.26 Å². The van der Waals surface area contributed by atoms with Gasteiger partial charge in [-0.2, -0.15) is 10.4 Å². The molecule has 6 nitrogen and oxygen atoms in total. The molecule has 2 heterocycles. The van der Waals surface area contributed by atoms with Crippen molar-refractivity contribution in [2.45, 2.75) is 19.6 Å². The molecule has 1 aliphatic heterocycles. The quantitative estimate of drug-likeness (QED) is 0.810. The summed E-state index contributed by atoms with van der Waals surface area (Å²) >= 11 is 0. The third kappa shape index (κ3) is 4.57. The number of aromatic nitrogens is 2. The molecule has 0 N–H and O–H groups in total. The Morgan fingerprint density at radius 1 is 1.46 bits per heavy atom. The number of nitriles is 1. The third-order valence-electron chi connectivity index (χ3n) is 4.02. The van der Waals surface area contributed by atoms with Crippen molar-refractivity contribution >= 4 is 0 Å². The molecule has 0 aliphatic carbocycles. The van der Waals surface area contributed by atoms with Crippen molar-refractivity contribution in [3.05, 3.63) is 47.8 Å². The van der Waals surface area contributed by atoms with E-state index < -0.39 is 0 Å². The Kier molecular flexibility index (Phi) is 5.47. The maximum atomic E-state index is 8.91. The lowest BCUT2D eigenvalue weighted by Crippen LogP contribution is -2.45. The molecular formula is C18H22N4O2. The fourth-order valence-electron chi connectivity index (χ4n) is 2.82. The van der Waals surface area contributed by atoms with Gasteiger partial charge in [0.2, 0.25) is 0 Å². The van der Waals surface area contributed by atoms with Crippen molar-refractivity contribution < 1.29 is 9.47 Å². The highest BCUT2D eigenvalue weighted by molar-refractivity contribution is 5.36. The number of morpholine rings is 1. The van der Waals surface area contributed by atoms with Gasteiger partial charge in [-0.05, 0) is 30.7 Å². The van der Waals surface area contributed by atoms with Crippen LogP contribution in [0.2, 0.25) is 0 Å². The van der Waals surface area contributed by atoms with E-state index in [0.717, 1.165) is 44.1 Å². The van der Waals surface area contributed by atoms with Crippen LogP contribution in [0.3, 0.4) is 0 Å². The maximum Gasteiger partial charge on any atom is 0.120 e. The molecule has 24 heavy (non-hydrogen) atoms. The van der Waals surface area contributed by atoms with Crippen LogP contribution in [0.15, 0.2) is 36.7 Å². The minimum Gasteiger partial charge on any atom is -0.492 e. The van der Waals surface area contributed by atoms with Gasteiger partial charge in [-0.25, -0.2) is 0 Å². The fraction of sp³-hybridized carbons (Fsp3) is 0.444. The summed E-state index contributed by atoms with van der Waals surface area (Å²) in [4.78, 5) is 2.35. The predicted molar refractivity (Wildman–Crippen MR) is 89.8 cm³/mol. The normalized spacial score (nSPS) is 18.2. The first-order chi connectivity index (χ1) is 11.7. The van der Waals surface area contributed by atoms with Crippen LogP contribution < -0.4 is 4.74 Å². The van der Waals surface area contributed by atoms with E-state index in [0.29, 0.717) is 12.2 Å². The summed E-state index contributed by atoms with van der Waals surface area (Å²) in [6.45, 7) is 6.77. The molecule has 126 valence electrons. The number of hydrogen-bond donors (Lipinski definition) is 0. The predicted octanol–water partition coefficient (Wildman–Crippen LogP) is 1.84. The second-order valence-corrected chi connectivity index (χ2v) is 6.02. The van der Waals surface area contributed by atoms with E-state index >= 15 is 0 Å². The highest BCUT2D eigenvalue weighted by Crippen LogP contribution is 2.13. The molecule has 1 aromatic carbocycles. The standard InChI is InChI=1S/C18H22N4O2/c1-15-11-20-22(12-15)14-18-13-21(6-8-24-18)5-7-23-17-4-2-3-16(9-17)10-19/h2-4,9,11-12,18H,5-8,13-14H2,1H3/t18-/m0/s1. The third-order valence-corrected chi connectivity index (χ3v) is 4.02. The monoisotopic (exact) mass is 326 g/mol. The maximum absolute atomic E-state index is 8.91. The van der Waals surface area contributed by atoms with Crippen molar-refractivity contribution in [1.82, 2.24) is 14.7 Å². The highest BCUT2D eigenvalue weighted by Gasteiger charge is 2.21. The Hall–Kier alpha value is -2.36. The Morgan fingerprint density at radius 2 is 2.38 bits per heavy atom. The number of aryl methyl sites for hydroxylation is 1. The topological polar surface area (TPSA) is 63.3 Å². The van der Waals surface area contributed by atoms with Crippen LogP contribution in [0, 0.1) is 18.3 Å². The molecule has 1 aromatic heterocycles. The van der Waals surface area contributed by atoms with E-state index in [1.165, 1.54) is 0 Å². The Morgan fingerprint density at radius 3 is 3.17 bits per heavy atom. The zero-order valence-corrected chi connectivity index (χ0v) is 13.9. The summed E-state index contributed by atoms with van der Waals surface area (Å²) in [5.74, 6) is 0.742. The first kappa shape index (κ1) is 16.5. The van der Waals surface area contributed by atoms with Crippen LogP contribution in [-0.2, 0) is 11.3 Å².